The van der Waals surface area contributed by atoms with Crippen LogP contribution in [-0.2, 0) is 4.79 Å². The maximum atomic E-state index is 11.8. The van der Waals surface area contributed by atoms with Crippen LogP contribution in [0.3, 0.4) is 0 Å². The van der Waals surface area contributed by atoms with Crippen molar-refractivity contribution < 1.29 is 9.53 Å². The van der Waals surface area contributed by atoms with Crippen LogP contribution in [0.4, 0.5) is 5.82 Å². The summed E-state index contributed by atoms with van der Waals surface area (Å²) in [5, 5.41) is 9.92. The maximum absolute atomic E-state index is 11.8. The number of rotatable bonds is 4. The Morgan fingerprint density at radius 2 is 2.10 bits per heavy atom. The number of ether oxygens (including phenoxy) is 1. The second kappa shape index (κ2) is 5.60. The van der Waals surface area contributed by atoms with Gasteiger partial charge in [-0.05, 0) is 31.0 Å². The van der Waals surface area contributed by atoms with E-state index in [1.165, 1.54) is 0 Å². The van der Waals surface area contributed by atoms with Crippen LogP contribution in [0.5, 0.6) is 5.75 Å². The average Bonchev–Trinajstić information content (AvgIpc) is 2.86. The van der Waals surface area contributed by atoms with E-state index in [1.807, 2.05) is 31.2 Å². The van der Waals surface area contributed by atoms with E-state index in [1.54, 1.807) is 0 Å². The largest absolute Gasteiger partial charge is 0.494 e. The molecule has 2 N–H and O–H groups in total. The van der Waals surface area contributed by atoms with Crippen molar-refractivity contribution in [2.24, 2.45) is 0 Å². The van der Waals surface area contributed by atoms with Crippen LogP contribution >= 0.6 is 0 Å². The molecular formula is C16H19N3O2. The standard InChI is InChI=1S/C16H19N3O2/c1-3-8-21-12-6-4-11(5-7-12)13-9-14(20)17-16-15(13)10(2)18-19-16/h4-7,13H,3,8-9H2,1-2H3,(H2,17,18,19,20)/t13-/m1/s1. The highest BCUT2D eigenvalue weighted by atomic mass is 16.5. The summed E-state index contributed by atoms with van der Waals surface area (Å²) in [6, 6.07) is 7.99. The van der Waals surface area contributed by atoms with Gasteiger partial charge >= 0.3 is 0 Å². The van der Waals surface area contributed by atoms with E-state index in [0.29, 0.717) is 12.2 Å². The zero-order chi connectivity index (χ0) is 14.8. The van der Waals surface area contributed by atoms with Crippen LogP contribution in [0.15, 0.2) is 24.3 Å². The predicted molar refractivity (Wildman–Crippen MR) is 80.6 cm³/mol. The second-order valence-electron chi connectivity index (χ2n) is 5.33. The molecule has 110 valence electrons. The van der Waals surface area contributed by atoms with Gasteiger partial charge in [-0.2, -0.15) is 5.10 Å². The Kier molecular flexibility index (Phi) is 3.64. The number of carbonyl (C=O) groups is 1. The number of aryl methyl sites for hydroxylation is 1. The molecule has 0 unspecified atom stereocenters. The van der Waals surface area contributed by atoms with Gasteiger partial charge in [-0.1, -0.05) is 19.1 Å². The monoisotopic (exact) mass is 285 g/mol. The van der Waals surface area contributed by atoms with Crippen LogP contribution in [0.25, 0.3) is 0 Å². The van der Waals surface area contributed by atoms with E-state index in [2.05, 4.69) is 22.4 Å². The first-order valence-corrected chi connectivity index (χ1v) is 7.26. The Labute approximate surface area is 123 Å². The van der Waals surface area contributed by atoms with E-state index < -0.39 is 0 Å². The molecule has 1 aliphatic rings. The summed E-state index contributed by atoms with van der Waals surface area (Å²) in [6.07, 6.45) is 1.44. The van der Waals surface area contributed by atoms with E-state index in [-0.39, 0.29) is 11.8 Å². The lowest BCUT2D eigenvalue weighted by Gasteiger charge is -2.23. The average molecular weight is 285 g/mol. The molecule has 1 amide bonds. The van der Waals surface area contributed by atoms with Crippen molar-refractivity contribution in [3.05, 3.63) is 41.1 Å². The SMILES string of the molecule is CCCOc1ccc([C@H]2CC(=O)Nc3n[nH]c(C)c32)cc1. The summed E-state index contributed by atoms with van der Waals surface area (Å²) in [5.41, 5.74) is 3.19. The van der Waals surface area contributed by atoms with Crippen molar-refractivity contribution in [3.8, 4) is 5.75 Å². The minimum atomic E-state index is 0.00492. The lowest BCUT2D eigenvalue weighted by molar-refractivity contribution is -0.116. The molecule has 1 aromatic carbocycles. The van der Waals surface area contributed by atoms with Gasteiger partial charge in [0, 0.05) is 23.6 Å². The molecule has 0 spiro atoms. The van der Waals surface area contributed by atoms with Crippen LogP contribution in [0.1, 0.15) is 42.5 Å². The van der Waals surface area contributed by atoms with Gasteiger partial charge in [0.25, 0.3) is 0 Å². The first kappa shape index (κ1) is 13.7. The molecule has 0 saturated carbocycles. The van der Waals surface area contributed by atoms with Crippen molar-refractivity contribution in [3.63, 3.8) is 0 Å². The quantitative estimate of drug-likeness (QED) is 0.907. The smallest absolute Gasteiger partial charge is 0.226 e. The maximum Gasteiger partial charge on any atom is 0.226 e. The minimum absolute atomic E-state index is 0.00492. The molecule has 0 fully saturated rings. The molecule has 1 aliphatic heterocycles. The zero-order valence-electron chi connectivity index (χ0n) is 12.3. The third-order valence-electron chi connectivity index (χ3n) is 3.75. The fourth-order valence-corrected chi connectivity index (χ4v) is 2.73. The van der Waals surface area contributed by atoms with Crippen molar-refractivity contribution in [2.45, 2.75) is 32.6 Å². The predicted octanol–water partition coefficient (Wildman–Crippen LogP) is 2.98. The molecule has 3 rings (SSSR count). The lowest BCUT2D eigenvalue weighted by atomic mass is 9.86. The number of carbonyl (C=O) groups excluding carboxylic acids is 1. The third kappa shape index (κ3) is 2.63. The van der Waals surface area contributed by atoms with Gasteiger partial charge in [-0.25, -0.2) is 0 Å². The van der Waals surface area contributed by atoms with Gasteiger partial charge < -0.3 is 10.1 Å². The molecule has 0 bridgehead atoms. The first-order chi connectivity index (χ1) is 10.2. The van der Waals surface area contributed by atoms with Crippen LogP contribution < -0.4 is 10.1 Å². The molecular weight excluding hydrogens is 266 g/mol. The first-order valence-electron chi connectivity index (χ1n) is 7.26. The van der Waals surface area contributed by atoms with Crippen molar-refractivity contribution in [2.75, 3.05) is 11.9 Å². The number of hydrogen-bond donors (Lipinski definition) is 2. The number of benzene rings is 1. The highest BCUT2D eigenvalue weighted by Gasteiger charge is 2.30. The number of aromatic nitrogens is 2. The Morgan fingerprint density at radius 1 is 1.33 bits per heavy atom. The van der Waals surface area contributed by atoms with E-state index >= 15 is 0 Å². The Hall–Kier alpha value is -2.30. The molecule has 5 nitrogen and oxygen atoms in total. The van der Waals surface area contributed by atoms with Gasteiger partial charge in [0.1, 0.15) is 5.75 Å². The highest BCUT2D eigenvalue weighted by molar-refractivity contribution is 5.94. The van der Waals surface area contributed by atoms with Crippen LogP contribution in [0.2, 0.25) is 0 Å². The molecule has 2 aromatic rings. The summed E-state index contributed by atoms with van der Waals surface area (Å²) >= 11 is 0. The van der Waals surface area contributed by atoms with Crippen LogP contribution in [-0.4, -0.2) is 22.7 Å². The molecule has 2 heterocycles. The molecule has 0 saturated heterocycles. The fourth-order valence-electron chi connectivity index (χ4n) is 2.73. The van der Waals surface area contributed by atoms with E-state index in [0.717, 1.165) is 35.6 Å². The lowest BCUT2D eigenvalue weighted by Crippen LogP contribution is -2.23. The molecule has 1 atom stereocenters. The van der Waals surface area contributed by atoms with Gasteiger partial charge in [0.15, 0.2) is 5.82 Å². The molecule has 21 heavy (non-hydrogen) atoms. The minimum Gasteiger partial charge on any atom is -0.494 e. The normalized spacial score (nSPS) is 17.2. The number of aromatic amines is 1. The number of amides is 1. The number of nitrogens with one attached hydrogen (secondary N) is 2. The summed E-state index contributed by atoms with van der Waals surface area (Å²) in [5.74, 6) is 1.57. The fraction of sp³-hybridized carbons (Fsp3) is 0.375. The number of nitrogens with zero attached hydrogens (tertiary/aromatic N) is 1. The van der Waals surface area contributed by atoms with E-state index in [9.17, 15) is 4.79 Å². The Morgan fingerprint density at radius 3 is 2.81 bits per heavy atom. The van der Waals surface area contributed by atoms with Crippen LogP contribution in [0, 0.1) is 6.92 Å². The summed E-state index contributed by atoms with van der Waals surface area (Å²) < 4.78 is 5.60. The topological polar surface area (TPSA) is 67.0 Å². The van der Waals surface area contributed by atoms with Gasteiger partial charge in [-0.15, -0.1) is 0 Å². The summed E-state index contributed by atoms with van der Waals surface area (Å²) in [4.78, 5) is 11.8. The number of H-pyrrole nitrogens is 1. The van der Waals surface area contributed by atoms with E-state index in [4.69, 9.17) is 4.74 Å². The third-order valence-corrected chi connectivity index (χ3v) is 3.75. The zero-order valence-corrected chi connectivity index (χ0v) is 12.3. The summed E-state index contributed by atoms with van der Waals surface area (Å²) in [6.45, 7) is 4.78. The Balaban J connectivity index is 1.89. The highest BCUT2D eigenvalue weighted by Crippen LogP contribution is 2.38. The number of hydrogen-bond acceptors (Lipinski definition) is 3. The molecule has 1 aromatic heterocycles. The van der Waals surface area contributed by atoms with Crippen molar-refractivity contribution in [1.82, 2.24) is 10.2 Å². The van der Waals surface area contributed by atoms with Crippen molar-refractivity contribution in [1.29, 1.82) is 0 Å². The molecule has 5 heteroatoms. The Bertz CT molecular complexity index is 646. The molecule has 0 aliphatic carbocycles. The number of anilines is 1. The second-order valence-corrected chi connectivity index (χ2v) is 5.33. The molecule has 0 radical (unpaired) electrons. The number of fused-ring (bicyclic) bond motifs is 1. The van der Waals surface area contributed by atoms with Gasteiger partial charge in [0.2, 0.25) is 5.91 Å². The van der Waals surface area contributed by atoms with Gasteiger partial charge in [0.05, 0.1) is 6.61 Å². The summed E-state index contributed by atoms with van der Waals surface area (Å²) in [7, 11) is 0. The van der Waals surface area contributed by atoms with Crippen molar-refractivity contribution >= 4 is 11.7 Å². The van der Waals surface area contributed by atoms with Gasteiger partial charge in [-0.3, -0.25) is 9.89 Å².